The van der Waals surface area contributed by atoms with Crippen molar-refractivity contribution in [3.8, 4) is 34.5 Å². The van der Waals surface area contributed by atoms with Gasteiger partial charge in [0.1, 0.15) is 39.6 Å². The first-order valence-corrected chi connectivity index (χ1v) is 12.4. The predicted octanol–water partition coefficient (Wildman–Crippen LogP) is 3.83. The molecule has 0 spiro atoms. The van der Waals surface area contributed by atoms with Crippen LogP contribution in [0.4, 0.5) is 0 Å². The van der Waals surface area contributed by atoms with Gasteiger partial charge >= 0.3 is 0 Å². The van der Waals surface area contributed by atoms with Crippen LogP contribution in [-0.4, -0.2) is 56.2 Å². The Kier molecular flexibility index (Phi) is 10.3. The van der Waals surface area contributed by atoms with Crippen molar-refractivity contribution >= 4 is 33.8 Å². The third-order valence-corrected chi connectivity index (χ3v) is 7.25. The highest BCUT2D eigenvalue weighted by Gasteiger charge is 2.13. The molecule has 0 saturated heterocycles. The second-order valence-electron chi connectivity index (χ2n) is 6.38. The van der Waals surface area contributed by atoms with Crippen LogP contribution in [-0.2, 0) is 21.6 Å². The number of benzene rings is 2. The van der Waals surface area contributed by atoms with E-state index in [4.69, 9.17) is 28.4 Å². The minimum absolute atomic E-state index is 0.0887. The molecule has 0 fully saturated rings. The maximum Gasteiger partial charge on any atom is 0.133 e. The van der Waals surface area contributed by atoms with Gasteiger partial charge in [0.05, 0.1) is 75.4 Å². The zero-order valence-electron chi connectivity index (χ0n) is 19.4. The van der Waals surface area contributed by atoms with Crippen molar-refractivity contribution in [2.75, 3.05) is 47.7 Å². The maximum absolute atomic E-state index is 12.5. The van der Waals surface area contributed by atoms with Crippen LogP contribution >= 0.6 is 0 Å². The summed E-state index contributed by atoms with van der Waals surface area (Å²) in [7, 11) is 6.13. The first kappa shape index (κ1) is 26.3. The first-order valence-electron chi connectivity index (χ1n) is 9.61. The van der Waals surface area contributed by atoms with Crippen LogP contribution in [0.1, 0.15) is 11.1 Å². The van der Waals surface area contributed by atoms with Gasteiger partial charge in [-0.15, -0.1) is 0 Å². The highest BCUT2D eigenvalue weighted by molar-refractivity contribution is 8.04. The molecule has 0 bridgehead atoms. The van der Waals surface area contributed by atoms with Gasteiger partial charge in [-0.3, -0.25) is 8.42 Å². The molecule has 0 amide bonds. The summed E-state index contributed by atoms with van der Waals surface area (Å²) in [4.78, 5) is 0. The van der Waals surface area contributed by atoms with Crippen LogP contribution in [0, 0.1) is 0 Å². The summed E-state index contributed by atoms with van der Waals surface area (Å²) in [5.74, 6) is 3.13. The van der Waals surface area contributed by atoms with Crippen molar-refractivity contribution in [3.63, 3.8) is 0 Å². The Balaban J connectivity index is 2.18. The van der Waals surface area contributed by atoms with E-state index in [1.54, 1.807) is 50.6 Å². The van der Waals surface area contributed by atoms with Gasteiger partial charge in [0.15, 0.2) is 0 Å². The molecule has 0 aliphatic carbocycles. The number of methoxy groups -OCH3 is 6. The Morgan fingerprint density at radius 3 is 1.12 bits per heavy atom. The third-order valence-electron chi connectivity index (χ3n) is 4.51. The van der Waals surface area contributed by atoms with E-state index in [1.807, 2.05) is 0 Å². The topological polar surface area (TPSA) is 89.5 Å². The van der Waals surface area contributed by atoms with E-state index >= 15 is 0 Å². The molecule has 2 aromatic rings. The Morgan fingerprint density at radius 2 is 0.879 bits per heavy atom. The quantitative estimate of drug-likeness (QED) is 0.438. The Morgan fingerprint density at radius 1 is 0.576 bits per heavy atom. The fraction of sp³-hybridized carbons (Fsp3) is 0.304. The Bertz CT molecular complexity index is 929. The van der Waals surface area contributed by atoms with Gasteiger partial charge in [0.2, 0.25) is 0 Å². The van der Waals surface area contributed by atoms with Crippen LogP contribution in [0.2, 0.25) is 0 Å². The minimum Gasteiger partial charge on any atom is -0.496 e. The average molecular weight is 497 g/mol. The van der Waals surface area contributed by atoms with Crippen molar-refractivity contribution in [3.05, 3.63) is 46.2 Å². The minimum atomic E-state index is -1.51. The molecule has 10 heteroatoms. The number of rotatable bonds is 12. The summed E-state index contributed by atoms with van der Waals surface area (Å²) >= 11 is 0. The second kappa shape index (κ2) is 12.9. The monoisotopic (exact) mass is 496 g/mol. The van der Waals surface area contributed by atoms with Crippen molar-refractivity contribution in [1.82, 2.24) is 0 Å². The SMILES string of the molecule is COc1cc(OC)c(/C=C\S(=O)CS(=O)/C=C/c2c(OC)cc(OC)cc2OC)c(OC)c1. The normalized spacial score (nSPS) is 13.0. The molecule has 2 unspecified atom stereocenters. The van der Waals surface area contributed by atoms with E-state index < -0.39 is 21.6 Å². The van der Waals surface area contributed by atoms with Crippen molar-refractivity contribution in [1.29, 1.82) is 0 Å². The van der Waals surface area contributed by atoms with Crippen LogP contribution in [0.25, 0.3) is 12.2 Å². The molecule has 0 radical (unpaired) electrons. The molecule has 0 saturated carbocycles. The van der Waals surface area contributed by atoms with Crippen LogP contribution in [0.3, 0.4) is 0 Å². The zero-order valence-corrected chi connectivity index (χ0v) is 21.0. The van der Waals surface area contributed by atoms with Gasteiger partial charge < -0.3 is 28.4 Å². The molecule has 8 nitrogen and oxygen atoms in total. The highest BCUT2D eigenvalue weighted by atomic mass is 32.2. The standard InChI is InChI=1S/C23H28O8S2/c1-26-16-11-20(28-3)18(21(12-16)29-4)7-9-32(24)15-33(25)10-8-19-22(30-5)13-17(27-2)14-23(19)31-6/h7-14H,15H2,1-6H3/b9-7-,10-8+. The van der Waals surface area contributed by atoms with Crippen molar-refractivity contribution < 1.29 is 36.8 Å². The average Bonchev–Trinajstić information content (AvgIpc) is 2.84. The summed E-state index contributed by atoms with van der Waals surface area (Å²) in [5.41, 5.74) is 1.20. The molecule has 0 N–H and O–H groups in total. The molecule has 0 aromatic heterocycles. The molecule has 33 heavy (non-hydrogen) atoms. The van der Waals surface area contributed by atoms with E-state index in [0.717, 1.165) is 0 Å². The number of hydrogen-bond acceptors (Lipinski definition) is 8. The lowest BCUT2D eigenvalue weighted by Crippen LogP contribution is -2.00. The summed E-state index contributed by atoms with van der Waals surface area (Å²) in [6.45, 7) is 0. The molecule has 2 aromatic carbocycles. The summed E-state index contributed by atoms with van der Waals surface area (Å²) in [5, 5.41) is 2.81. The van der Waals surface area contributed by atoms with E-state index in [-0.39, 0.29) is 5.08 Å². The van der Waals surface area contributed by atoms with E-state index in [9.17, 15) is 8.42 Å². The molecule has 2 atom stereocenters. The molecule has 2 rings (SSSR count). The summed E-state index contributed by atoms with van der Waals surface area (Å²) < 4.78 is 57.0. The highest BCUT2D eigenvalue weighted by Crippen LogP contribution is 2.36. The van der Waals surface area contributed by atoms with Gasteiger partial charge in [0, 0.05) is 35.1 Å². The fourth-order valence-electron chi connectivity index (χ4n) is 2.87. The van der Waals surface area contributed by atoms with Crippen LogP contribution in [0.15, 0.2) is 35.1 Å². The molecule has 0 aliphatic rings. The lowest BCUT2D eigenvalue weighted by atomic mass is 10.1. The molecule has 0 heterocycles. The van der Waals surface area contributed by atoms with Crippen LogP contribution in [0.5, 0.6) is 34.5 Å². The van der Waals surface area contributed by atoms with E-state index in [2.05, 4.69) is 0 Å². The predicted molar refractivity (Wildman–Crippen MR) is 131 cm³/mol. The van der Waals surface area contributed by atoms with Crippen molar-refractivity contribution in [2.45, 2.75) is 0 Å². The van der Waals surface area contributed by atoms with Gasteiger partial charge in [-0.25, -0.2) is 0 Å². The molecule has 0 aliphatic heterocycles. The first-order chi connectivity index (χ1) is 15.9. The molecular formula is C23H28O8S2. The Labute approximate surface area is 199 Å². The van der Waals surface area contributed by atoms with E-state index in [1.165, 1.54) is 39.3 Å². The lowest BCUT2D eigenvalue weighted by Gasteiger charge is -2.12. The van der Waals surface area contributed by atoms with E-state index in [0.29, 0.717) is 45.6 Å². The zero-order chi connectivity index (χ0) is 24.4. The van der Waals surface area contributed by atoms with Crippen LogP contribution < -0.4 is 28.4 Å². The molecular weight excluding hydrogens is 468 g/mol. The van der Waals surface area contributed by atoms with Gasteiger partial charge in [-0.2, -0.15) is 0 Å². The van der Waals surface area contributed by atoms with Crippen molar-refractivity contribution in [2.24, 2.45) is 0 Å². The number of ether oxygens (including phenoxy) is 6. The lowest BCUT2D eigenvalue weighted by molar-refractivity contribution is 0.374. The largest absolute Gasteiger partial charge is 0.496 e. The maximum atomic E-state index is 12.5. The Hall–Kier alpha value is -2.98. The summed E-state index contributed by atoms with van der Waals surface area (Å²) in [6, 6.07) is 6.78. The van der Waals surface area contributed by atoms with Gasteiger partial charge in [0.25, 0.3) is 0 Å². The van der Waals surface area contributed by atoms with Gasteiger partial charge in [-0.05, 0) is 12.2 Å². The van der Waals surface area contributed by atoms with Gasteiger partial charge in [-0.1, -0.05) is 0 Å². The smallest absolute Gasteiger partial charge is 0.133 e. The molecule has 180 valence electrons. The fourth-order valence-corrected chi connectivity index (χ4v) is 4.99. The number of hydrogen-bond donors (Lipinski definition) is 0. The second-order valence-corrected chi connectivity index (χ2v) is 9.39. The summed E-state index contributed by atoms with van der Waals surface area (Å²) in [6.07, 6.45) is 3.23. The third kappa shape index (κ3) is 7.00.